The Hall–Kier alpha value is -3.48. The highest BCUT2D eigenvalue weighted by Crippen LogP contribution is 2.19. The largest absolute Gasteiger partial charge is 0.480 e. The monoisotopic (exact) mass is 546 g/mol. The first kappa shape index (κ1) is 31.7. The van der Waals surface area contributed by atoms with Gasteiger partial charge in [-0.2, -0.15) is 0 Å². The van der Waals surface area contributed by atoms with Crippen LogP contribution in [-0.2, 0) is 25.6 Å². The quantitative estimate of drug-likeness (QED) is 0.135. The number of amides is 3. The molecule has 12 heteroatoms. The predicted molar refractivity (Wildman–Crippen MR) is 147 cm³/mol. The van der Waals surface area contributed by atoms with Gasteiger partial charge in [0.05, 0.1) is 6.10 Å². The molecule has 2 rings (SSSR count). The Bertz CT molecular complexity index is 1120. The minimum Gasteiger partial charge on any atom is -0.480 e. The van der Waals surface area contributed by atoms with Gasteiger partial charge in [0.15, 0.2) is 0 Å². The number of carboxylic acid groups (broad SMARTS) is 1. The number of H-pyrrole nitrogens is 1. The van der Waals surface area contributed by atoms with Crippen LogP contribution in [0.2, 0.25) is 0 Å². The topological polar surface area (TPSA) is 213 Å². The summed E-state index contributed by atoms with van der Waals surface area (Å²) < 4.78 is 0. The lowest BCUT2D eigenvalue weighted by atomic mass is 10.00. The number of nitrogens with one attached hydrogen (secondary N) is 4. The number of hydrogen-bond acceptors (Lipinski definition) is 7. The maximum absolute atomic E-state index is 13.5. The molecular formula is C27H42N6O6. The summed E-state index contributed by atoms with van der Waals surface area (Å²) in [6.07, 6.45) is 2.27. The molecule has 0 saturated heterocycles. The fourth-order valence-electron chi connectivity index (χ4n) is 4.21. The van der Waals surface area contributed by atoms with E-state index in [4.69, 9.17) is 11.5 Å². The minimum atomic E-state index is -1.26. The normalized spacial score (nSPS) is 15.3. The third-order valence-electron chi connectivity index (χ3n) is 6.46. The number of fused-ring (bicyclic) bond motifs is 1. The summed E-state index contributed by atoms with van der Waals surface area (Å²) in [7, 11) is 0. The minimum absolute atomic E-state index is 0.00751. The van der Waals surface area contributed by atoms with Gasteiger partial charge < -0.3 is 42.6 Å². The second-order valence-electron chi connectivity index (χ2n) is 10.3. The number of aliphatic carboxylic acids is 1. The van der Waals surface area contributed by atoms with E-state index in [0.29, 0.717) is 19.4 Å². The first-order valence-corrected chi connectivity index (χ1v) is 13.3. The number of unbranched alkanes of at least 4 members (excludes halogenated alkanes) is 1. The van der Waals surface area contributed by atoms with Crippen LogP contribution in [-0.4, -0.2) is 75.7 Å². The molecule has 0 saturated carbocycles. The maximum atomic E-state index is 13.5. The van der Waals surface area contributed by atoms with E-state index in [-0.39, 0.29) is 25.2 Å². The third-order valence-corrected chi connectivity index (χ3v) is 6.46. The lowest BCUT2D eigenvalue weighted by molar-refractivity contribution is -0.142. The molecule has 1 aromatic heterocycles. The van der Waals surface area contributed by atoms with Crippen LogP contribution >= 0.6 is 0 Å². The second-order valence-corrected chi connectivity index (χ2v) is 10.3. The van der Waals surface area contributed by atoms with Crippen molar-refractivity contribution in [3.63, 3.8) is 0 Å². The van der Waals surface area contributed by atoms with Gasteiger partial charge in [-0.15, -0.1) is 0 Å². The van der Waals surface area contributed by atoms with Crippen LogP contribution < -0.4 is 27.4 Å². The van der Waals surface area contributed by atoms with E-state index in [2.05, 4.69) is 20.9 Å². The number of hydrogen-bond donors (Lipinski definition) is 8. The SMILES string of the molecule is CC(C)CC(NC(=O)C(Cc1c[nH]c2ccccc12)NC(=O)C(N)C(C)O)C(=O)NC(CCCCN)C(=O)O. The molecule has 5 unspecified atom stereocenters. The Morgan fingerprint density at radius 3 is 2.15 bits per heavy atom. The number of aliphatic hydroxyl groups is 1. The number of carbonyl (C=O) groups excluding carboxylic acids is 3. The standard InChI is InChI=1S/C27H42N6O6/c1-15(2)12-21(24(35)31-20(27(38)39)10-6-7-11-28)32-25(36)22(33-26(37)23(29)16(3)34)13-17-14-30-19-9-5-4-8-18(17)19/h4-5,8-9,14-16,20-23,30,34H,6-7,10-13,28-29H2,1-3H3,(H,31,35)(H,32,36)(H,33,37)(H,38,39). The number of aromatic amines is 1. The van der Waals surface area contributed by atoms with Gasteiger partial charge in [0.1, 0.15) is 24.2 Å². The van der Waals surface area contributed by atoms with E-state index in [9.17, 15) is 29.4 Å². The zero-order valence-corrected chi connectivity index (χ0v) is 22.8. The van der Waals surface area contributed by atoms with Crippen LogP contribution in [0.3, 0.4) is 0 Å². The van der Waals surface area contributed by atoms with E-state index in [1.165, 1.54) is 6.92 Å². The van der Waals surface area contributed by atoms with Gasteiger partial charge in [-0.25, -0.2) is 4.79 Å². The van der Waals surface area contributed by atoms with Crippen molar-refractivity contribution in [2.45, 2.75) is 83.1 Å². The lowest BCUT2D eigenvalue weighted by Crippen LogP contribution is -2.58. The van der Waals surface area contributed by atoms with Crippen LogP contribution in [0.4, 0.5) is 0 Å². The second kappa shape index (κ2) is 15.2. The highest BCUT2D eigenvalue weighted by Gasteiger charge is 2.31. The summed E-state index contributed by atoms with van der Waals surface area (Å²) in [6, 6.07) is 2.93. The number of rotatable bonds is 16. The molecule has 39 heavy (non-hydrogen) atoms. The lowest BCUT2D eigenvalue weighted by Gasteiger charge is -2.26. The van der Waals surface area contributed by atoms with E-state index in [1.807, 2.05) is 38.1 Å². The molecule has 0 fully saturated rings. The molecule has 2 aromatic rings. The van der Waals surface area contributed by atoms with Crippen molar-refractivity contribution in [2.75, 3.05) is 6.54 Å². The van der Waals surface area contributed by atoms with Crippen molar-refractivity contribution in [1.82, 2.24) is 20.9 Å². The van der Waals surface area contributed by atoms with Crippen molar-refractivity contribution in [3.8, 4) is 0 Å². The summed E-state index contributed by atoms with van der Waals surface area (Å²) in [6.45, 7) is 5.52. The third kappa shape index (κ3) is 9.65. The summed E-state index contributed by atoms with van der Waals surface area (Å²) in [5, 5.41) is 28.0. The number of aliphatic hydroxyl groups excluding tert-OH is 1. The molecule has 0 aliphatic carbocycles. The van der Waals surface area contributed by atoms with E-state index in [1.54, 1.807) is 6.20 Å². The van der Waals surface area contributed by atoms with E-state index >= 15 is 0 Å². The molecule has 0 aliphatic heterocycles. The molecule has 1 heterocycles. The fourth-order valence-corrected chi connectivity index (χ4v) is 4.21. The molecule has 5 atom stereocenters. The predicted octanol–water partition coefficient (Wildman–Crippen LogP) is 0.133. The summed E-state index contributed by atoms with van der Waals surface area (Å²) in [4.78, 5) is 54.2. The Morgan fingerprint density at radius 1 is 0.923 bits per heavy atom. The Labute approximate surface area is 228 Å². The molecule has 0 radical (unpaired) electrons. The first-order chi connectivity index (χ1) is 18.4. The molecule has 1 aromatic carbocycles. The average Bonchev–Trinajstić information content (AvgIpc) is 3.29. The molecule has 12 nitrogen and oxygen atoms in total. The van der Waals surface area contributed by atoms with Crippen LogP contribution in [0, 0.1) is 5.92 Å². The van der Waals surface area contributed by atoms with Gasteiger partial charge >= 0.3 is 5.97 Å². The molecular weight excluding hydrogens is 504 g/mol. The highest BCUT2D eigenvalue weighted by molar-refractivity contribution is 5.95. The van der Waals surface area contributed by atoms with Crippen molar-refractivity contribution in [2.24, 2.45) is 17.4 Å². The molecule has 3 amide bonds. The Kier molecular flexibility index (Phi) is 12.4. The summed E-state index contributed by atoms with van der Waals surface area (Å²) >= 11 is 0. The number of carbonyl (C=O) groups is 4. The highest BCUT2D eigenvalue weighted by atomic mass is 16.4. The van der Waals surface area contributed by atoms with Crippen LogP contribution in [0.5, 0.6) is 0 Å². The van der Waals surface area contributed by atoms with Gasteiger partial charge in [0.25, 0.3) is 0 Å². The van der Waals surface area contributed by atoms with Gasteiger partial charge in [-0.05, 0) is 56.7 Å². The number of carboxylic acids is 1. The summed E-state index contributed by atoms with van der Waals surface area (Å²) in [5.41, 5.74) is 12.9. The number of aromatic nitrogens is 1. The molecule has 216 valence electrons. The number of nitrogens with two attached hydrogens (primary N) is 2. The maximum Gasteiger partial charge on any atom is 0.326 e. The van der Waals surface area contributed by atoms with Gasteiger partial charge in [0.2, 0.25) is 17.7 Å². The zero-order chi connectivity index (χ0) is 29.1. The van der Waals surface area contributed by atoms with Crippen LogP contribution in [0.15, 0.2) is 30.5 Å². The van der Waals surface area contributed by atoms with Crippen LogP contribution in [0.1, 0.15) is 52.0 Å². The van der Waals surface area contributed by atoms with Crippen LogP contribution in [0.25, 0.3) is 10.9 Å². The number of para-hydroxylation sites is 1. The molecule has 0 aliphatic rings. The van der Waals surface area contributed by atoms with Crippen molar-refractivity contribution in [3.05, 3.63) is 36.0 Å². The van der Waals surface area contributed by atoms with Crippen molar-refractivity contribution < 1.29 is 29.4 Å². The average molecular weight is 547 g/mol. The van der Waals surface area contributed by atoms with Crippen molar-refractivity contribution >= 4 is 34.6 Å². The Balaban J connectivity index is 2.27. The van der Waals surface area contributed by atoms with Crippen molar-refractivity contribution in [1.29, 1.82) is 0 Å². The smallest absolute Gasteiger partial charge is 0.326 e. The molecule has 10 N–H and O–H groups in total. The fraction of sp³-hybridized carbons (Fsp3) is 0.556. The van der Waals surface area contributed by atoms with E-state index in [0.717, 1.165) is 16.5 Å². The van der Waals surface area contributed by atoms with Gasteiger partial charge in [-0.3, -0.25) is 14.4 Å². The number of benzene rings is 1. The van der Waals surface area contributed by atoms with E-state index < -0.39 is 54.0 Å². The summed E-state index contributed by atoms with van der Waals surface area (Å²) in [5.74, 6) is -3.17. The molecule has 0 bridgehead atoms. The molecule has 0 spiro atoms. The first-order valence-electron chi connectivity index (χ1n) is 13.3. The zero-order valence-electron chi connectivity index (χ0n) is 22.8. The Morgan fingerprint density at radius 2 is 1.54 bits per heavy atom. The van der Waals surface area contributed by atoms with Gasteiger partial charge in [-0.1, -0.05) is 32.0 Å². The van der Waals surface area contributed by atoms with Gasteiger partial charge in [0, 0.05) is 23.5 Å².